The number of benzene rings is 2. The van der Waals surface area contributed by atoms with Crippen LogP contribution in [-0.4, -0.2) is 28.7 Å². The van der Waals surface area contributed by atoms with Gasteiger partial charge in [0, 0.05) is 12.6 Å². The second-order valence-electron chi connectivity index (χ2n) is 7.79. The van der Waals surface area contributed by atoms with Crippen molar-refractivity contribution in [1.82, 2.24) is 28.7 Å². The second-order valence-corrected chi connectivity index (χ2v) is 8.73. The lowest BCUT2D eigenvalue weighted by Gasteiger charge is -2.16. The van der Waals surface area contributed by atoms with E-state index in [1.165, 1.54) is 11.8 Å². The van der Waals surface area contributed by atoms with Gasteiger partial charge in [-0.25, -0.2) is 4.98 Å². The fraction of sp³-hybridized carbons (Fsp3) is 0.261. The summed E-state index contributed by atoms with van der Waals surface area (Å²) in [6.07, 6.45) is 0. The van der Waals surface area contributed by atoms with Gasteiger partial charge in [0.05, 0.1) is 27.6 Å². The molecule has 9 heteroatoms. The van der Waals surface area contributed by atoms with Crippen molar-refractivity contribution in [1.29, 1.82) is 0 Å². The van der Waals surface area contributed by atoms with E-state index in [4.69, 9.17) is 4.98 Å². The maximum Gasteiger partial charge on any atom is 0.262 e. The highest BCUT2D eigenvalue weighted by atomic mass is 32.2. The van der Waals surface area contributed by atoms with Gasteiger partial charge in [0.25, 0.3) is 11.1 Å². The molecule has 0 unspecified atom stereocenters. The first-order valence-electron chi connectivity index (χ1n) is 10.5. The molecule has 0 amide bonds. The van der Waals surface area contributed by atoms with Crippen LogP contribution in [0.1, 0.15) is 32.6 Å². The van der Waals surface area contributed by atoms with E-state index in [1.54, 1.807) is 15.2 Å². The number of rotatable bonds is 5. The van der Waals surface area contributed by atoms with Crippen LogP contribution in [0.15, 0.2) is 63.3 Å². The minimum Gasteiger partial charge on any atom is -0.285 e. The fourth-order valence-electron chi connectivity index (χ4n) is 4.00. The Morgan fingerprint density at radius 1 is 0.938 bits per heavy atom. The van der Waals surface area contributed by atoms with Crippen molar-refractivity contribution in [2.45, 2.75) is 44.3 Å². The van der Waals surface area contributed by atoms with Crippen molar-refractivity contribution in [3.8, 4) is 0 Å². The van der Waals surface area contributed by atoms with Crippen molar-refractivity contribution in [2.24, 2.45) is 0 Å². The molecule has 5 rings (SSSR count). The Labute approximate surface area is 187 Å². The first kappa shape index (κ1) is 20.4. The topological polar surface area (TPSA) is 87.1 Å². The molecule has 0 saturated carbocycles. The highest BCUT2D eigenvalue weighted by Gasteiger charge is 2.18. The molecule has 2 aromatic carbocycles. The molecular formula is C23H22N6O2S. The third-order valence-electron chi connectivity index (χ3n) is 5.51. The van der Waals surface area contributed by atoms with E-state index in [0.29, 0.717) is 45.3 Å². The van der Waals surface area contributed by atoms with Gasteiger partial charge in [-0.05, 0) is 45.0 Å². The summed E-state index contributed by atoms with van der Waals surface area (Å²) in [5.74, 6) is 1.66. The zero-order valence-corrected chi connectivity index (χ0v) is 18.8. The van der Waals surface area contributed by atoms with Gasteiger partial charge in [0.1, 0.15) is 5.82 Å². The van der Waals surface area contributed by atoms with Crippen molar-refractivity contribution < 1.29 is 0 Å². The van der Waals surface area contributed by atoms with Gasteiger partial charge in [-0.1, -0.05) is 36.0 Å². The Morgan fingerprint density at radius 3 is 2.41 bits per heavy atom. The number of aryl methyl sites for hydroxylation is 1. The van der Waals surface area contributed by atoms with E-state index in [2.05, 4.69) is 10.2 Å². The average molecular weight is 447 g/mol. The lowest BCUT2D eigenvalue weighted by Crippen LogP contribution is -2.25. The minimum atomic E-state index is -0.0768. The molecule has 0 aliphatic heterocycles. The Hall–Kier alpha value is -3.46. The number of fused-ring (bicyclic) bond motifs is 4. The number of hydrogen-bond donors (Lipinski definition) is 0. The molecule has 0 N–H and O–H groups in total. The van der Waals surface area contributed by atoms with Crippen LogP contribution < -0.4 is 11.1 Å². The van der Waals surface area contributed by atoms with E-state index in [0.717, 1.165) is 5.52 Å². The third kappa shape index (κ3) is 3.12. The molecule has 0 spiro atoms. The molecule has 0 bridgehead atoms. The fourth-order valence-corrected chi connectivity index (χ4v) is 5.05. The zero-order valence-electron chi connectivity index (χ0n) is 18.0. The number of thioether (sulfide) groups is 1. The summed E-state index contributed by atoms with van der Waals surface area (Å²) < 4.78 is 5.27. The molecule has 3 heterocycles. The normalized spacial score (nSPS) is 11.9. The molecule has 5 aromatic rings. The predicted octanol–water partition coefficient (Wildman–Crippen LogP) is 3.65. The summed E-state index contributed by atoms with van der Waals surface area (Å²) in [4.78, 5) is 30.7. The van der Waals surface area contributed by atoms with Gasteiger partial charge < -0.3 is 0 Å². The summed E-state index contributed by atoms with van der Waals surface area (Å²) in [6.45, 7) is 6.36. The molecule has 162 valence electrons. The Morgan fingerprint density at radius 2 is 1.66 bits per heavy atom. The molecule has 0 aliphatic carbocycles. The number of hydrogen-bond acceptors (Lipinski definition) is 6. The largest absolute Gasteiger partial charge is 0.285 e. The molecular weight excluding hydrogens is 424 g/mol. The van der Waals surface area contributed by atoms with Gasteiger partial charge in [-0.15, -0.1) is 10.2 Å². The van der Waals surface area contributed by atoms with Crippen LogP contribution in [-0.2, 0) is 12.3 Å². The van der Waals surface area contributed by atoms with Crippen LogP contribution >= 0.6 is 11.8 Å². The maximum absolute atomic E-state index is 13.1. The SMILES string of the molecule is CCn1c(=O)c2ccccc2n2c(CSc3nc4ccccc4c(=O)n3C(C)C)nnc12. The van der Waals surface area contributed by atoms with Crippen molar-refractivity contribution in [2.75, 3.05) is 0 Å². The van der Waals surface area contributed by atoms with Gasteiger partial charge in [-0.2, -0.15) is 0 Å². The van der Waals surface area contributed by atoms with Gasteiger partial charge >= 0.3 is 0 Å². The monoisotopic (exact) mass is 446 g/mol. The highest BCUT2D eigenvalue weighted by molar-refractivity contribution is 7.98. The molecule has 0 fully saturated rings. The molecule has 3 aromatic heterocycles. The van der Waals surface area contributed by atoms with Crippen LogP contribution in [0.4, 0.5) is 0 Å². The standard InChI is InChI=1S/C23H22N6O2S/c1-4-27-20(30)16-10-6-8-12-18(16)29-19(25-26-22(27)29)13-32-23-24-17-11-7-5-9-15(17)21(31)28(23)14(2)3/h5-12,14H,4,13H2,1-3H3. The van der Waals surface area contributed by atoms with Crippen LogP contribution in [0, 0.1) is 0 Å². The second kappa shape index (κ2) is 7.90. The Kier molecular flexibility index (Phi) is 5.05. The quantitative estimate of drug-likeness (QED) is 0.303. The summed E-state index contributed by atoms with van der Waals surface area (Å²) in [5, 5.41) is 10.6. The zero-order chi connectivity index (χ0) is 22.4. The number of para-hydroxylation sites is 2. The molecule has 0 radical (unpaired) electrons. The lowest BCUT2D eigenvalue weighted by atomic mass is 10.2. The summed E-state index contributed by atoms with van der Waals surface area (Å²) in [6, 6.07) is 14.8. The maximum atomic E-state index is 13.1. The van der Waals surface area contributed by atoms with E-state index < -0.39 is 0 Å². The summed E-state index contributed by atoms with van der Waals surface area (Å²) in [7, 11) is 0. The Bertz CT molecular complexity index is 1600. The molecule has 0 aliphatic rings. The van der Waals surface area contributed by atoms with Crippen LogP contribution in [0.25, 0.3) is 27.6 Å². The van der Waals surface area contributed by atoms with E-state index >= 15 is 0 Å². The van der Waals surface area contributed by atoms with Gasteiger partial charge in [0.2, 0.25) is 5.78 Å². The lowest BCUT2D eigenvalue weighted by molar-refractivity contribution is 0.519. The number of nitrogens with zero attached hydrogens (tertiary/aromatic N) is 6. The molecule has 32 heavy (non-hydrogen) atoms. The van der Waals surface area contributed by atoms with Crippen LogP contribution in [0.2, 0.25) is 0 Å². The van der Waals surface area contributed by atoms with Crippen LogP contribution in [0.3, 0.4) is 0 Å². The van der Waals surface area contributed by atoms with E-state index in [-0.39, 0.29) is 17.2 Å². The van der Waals surface area contributed by atoms with E-state index in [9.17, 15) is 9.59 Å². The summed E-state index contributed by atoms with van der Waals surface area (Å²) >= 11 is 1.44. The first-order valence-corrected chi connectivity index (χ1v) is 11.5. The van der Waals surface area contributed by atoms with Crippen molar-refractivity contribution in [3.63, 3.8) is 0 Å². The Balaban J connectivity index is 1.65. The van der Waals surface area contributed by atoms with Crippen LogP contribution in [0.5, 0.6) is 0 Å². The van der Waals surface area contributed by atoms with Gasteiger partial charge in [-0.3, -0.25) is 23.1 Å². The predicted molar refractivity (Wildman–Crippen MR) is 126 cm³/mol. The van der Waals surface area contributed by atoms with Crippen molar-refractivity contribution in [3.05, 3.63) is 75.1 Å². The summed E-state index contributed by atoms with van der Waals surface area (Å²) in [5.41, 5.74) is 1.32. The molecule has 0 atom stereocenters. The third-order valence-corrected chi connectivity index (χ3v) is 6.46. The van der Waals surface area contributed by atoms with E-state index in [1.807, 2.05) is 67.6 Å². The van der Waals surface area contributed by atoms with Gasteiger partial charge in [0.15, 0.2) is 5.16 Å². The van der Waals surface area contributed by atoms with Crippen molar-refractivity contribution >= 4 is 39.3 Å². The first-order chi connectivity index (χ1) is 15.5. The highest BCUT2D eigenvalue weighted by Crippen LogP contribution is 2.25. The average Bonchev–Trinajstić information content (AvgIpc) is 3.22. The minimum absolute atomic E-state index is 0.0386. The molecule has 0 saturated heterocycles. The smallest absolute Gasteiger partial charge is 0.262 e. The number of aromatic nitrogens is 6. The molecule has 8 nitrogen and oxygen atoms in total.